The van der Waals surface area contributed by atoms with Crippen LogP contribution in [0, 0.1) is 5.92 Å². The summed E-state index contributed by atoms with van der Waals surface area (Å²) >= 11 is 0. The van der Waals surface area contributed by atoms with Crippen molar-refractivity contribution in [2.24, 2.45) is 11.7 Å². The number of imidazole rings is 1. The molecule has 0 spiro atoms. The monoisotopic (exact) mass is 288 g/mol. The second-order valence-corrected chi connectivity index (χ2v) is 5.13. The van der Waals surface area contributed by atoms with Crippen molar-refractivity contribution < 1.29 is 9.47 Å². The highest BCUT2D eigenvalue weighted by Gasteiger charge is 2.26. The molecule has 1 aliphatic rings. The Morgan fingerprint density at radius 2 is 2.38 bits per heavy atom. The number of rotatable bonds is 5. The van der Waals surface area contributed by atoms with E-state index in [-0.39, 0.29) is 6.04 Å². The molecule has 0 saturated carbocycles. The first-order valence-corrected chi connectivity index (χ1v) is 7.24. The van der Waals surface area contributed by atoms with Crippen LogP contribution in [0.2, 0.25) is 0 Å². The minimum Gasteiger partial charge on any atom is -0.478 e. The number of hydrogen-bond donors (Lipinski definition) is 1. The number of ether oxygens (including phenoxy) is 2. The molecule has 0 aromatic carbocycles. The Hall–Kier alpha value is -1.92. The SMILES string of the molecule is CCOc1ccc(-n2cncc2C(N)C2CCOC2)cn1. The Labute approximate surface area is 123 Å². The summed E-state index contributed by atoms with van der Waals surface area (Å²) in [5.41, 5.74) is 8.29. The number of nitrogens with two attached hydrogens (primary N) is 1. The molecule has 3 heterocycles. The fraction of sp³-hybridized carbons (Fsp3) is 0.467. The fourth-order valence-electron chi connectivity index (χ4n) is 2.59. The van der Waals surface area contributed by atoms with E-state index in [9.17, 15) is 0 Å². The molecule has 6 heteroatoms. The molecular weight excluding hydrogens is 268 g/mol. The second kappa shape index (κ2) is 6.24. The van der Waals surface area contributed by atoms with E-state index in [1.54, 1.807) is 12.5 Å². The molecular formula is C15H20N4O2. The van der Waals surface area contributed by atoms with Gasteiger partial charge in [0.2, 0.25) is 5.88 Å². The highest BCUT2D eigenvalue weighted by molar-refractivity contribution is 5.34. The zero-order valence-electron chi connectivity index (χ0n) is 12.1. The molecule has 2 unspecified atom stereocenters. The third kappa shape index (κ3) is 2.91. The van der Waals surface area contributed by atoms with Crippen molar-refractivity contribution in [1.29, 1.82) is 0 Å². The van der Waals surface area contributed by atoms with Gasteiger partial charge in [-0.1, -0.05) is 0 Å². The molecule has 0 radical (unpaired) electrons. The number of pyridine rings is 1. The van der Waals surface area contributed by atoms with Crippen molar-refractivity contribution in [2.75, 3.05) is 19.8 Å². The zero-order valence-corrected chi connectivity index (χ0v) is 12.1. The fourth-order valence-corrected chi connectivity index (χ4v) is 2.59. The normalized spacial score (nSPS) is 19.6. The van der Waals surface area contributed by atoms with Gasteiger partial charge in [0.25, 0.3) is 0 Å². The maximum Gasteiger partial charge on any atom is 0.213 e. The third-order valence-electron chi connectivity index (χ3n) is 3.77. The van der Waals surface area contributed by atoms with Crippen LogP contribution in [0.25, 0.3) is 5.69 Å². The second-order valence-electron chi connectivity index (χ2n) is 5.13. The summed E-state index contributed by atoms with van der Waals surface area (Å²) in [4.78, 5) is 8.52. The molecule has 21 heavy (non-hydrogen) atoms. The number of hydrogen-bond acceptors (Lipinski definition) is 5. The van der Waals surface area contributed by atoms with Crippen molar-refractivity contribution in [3.63, 3.8) is 0 Å². The molecule has 112 valence electrons. The first kappa shape index (κ1) is 14.0. The Bertz CT molecular complexity index is 576. The van der Waals surface area contributed by atoms with E-state index in [1.807, 2.05) is 29.8 Å². The minimum absolute atomic E-state index is 0.0819. The summed E-state index contributed by atoms with van der Waals surface area (Å²) in [7, 11) is 0. The lowest BCUT2D eigenvalue weighted by Crippen LogP contribution is -2.24. The summed E-state index contributed by atoms with van der Waals surface area (Å²) in [6.07, 6.45) is 6.35. The van der Waals surface area contributed by atoms with Crippen molar-refractivity contribution in [3.8, 4) is 11.6 Å². The highest BCUT2D eigenvalue weighted by Crippen LogP contribution is 2.28. The molecule has 0 bridgehead atoms. The smallest absolute Gasteiger partial charge is 0.213 e. The van der Waals surface area contributed by atoms with Gasteiger partial charge in [0.15, 0.2) is 0 Å². The molecule has 2 atom stereocenters. The largest absolute Gasteiger partial charge is 0.478 e. The van der Waals surface area contributed by atoms with Gasteiger partial charge < -0.3 is 19.8 Å². The Kier molecular flexibility index (Phi) is 4.17. The van der Waals surface area contributed by atoms with Gasteiger partial charge in [0.05, 0.1) is 49.4 Å². The third-order valence-corrected chi connectivity index (χ3v) is 3.77. The van der Waals surface area contributed by atoms with Gasteiger partial charge in [-0.15, -0.1) is 0 Å². The summed E-state index contributed by atoms with van der Waals surface area (Å²) in [5, 5.41) is 0. The predicted molar refractivity (Wildman–Crippen MR) is 78.4 cm³/mol. The van der Waals surface area contributed by atoms with E-state index in [1.165, 1.54) is 0 Å². The Balaban J connectivity index is 1.84. The van der Waals surface area contributed by atoms with Gasteiger partial charge in [0, 0.05) is 18.6 Å². The lowest BCUT2D eigenvalue weighted by atomic mass is 9.97. The van der Waals surface area contributed by atoms with Crippen LogP contribution < -0.4 is 10.5 Å². The minimum atomic E-state index is -0.0819. The van der Waals surface area contributed by atoms with Crippen molar-refractivity contribution in [1.82, 2.24) is 14.5 Å². The average Bonchev–Trinajstić information content (AvgIpc) is 3.19. The topological polar surface area (TPSA) is 75.2 Å². The van der Waals surface area contributed by atoms with E-state index < -0.39 is 0 Å². The maximum atomic E-state index is 6.37. The van der Waals surface area contributed by atoms with E-state index in [0.717, 1.165) is 24.4 Å². The Morgan fingerprint density at radius 3 is 3.05 bits per heavy atom. The van der Waals surface area contributed by atoms with Crippen LogP contribution in [-0.2, 0) is 4.74 Å². The van der Waals surface area contributed by atoms with Crippen LogP contribution in [0.4, 0.5) is 0 Å². The van der Waals surface area contributed by atoms with Gasteiger partial charge in [-0.05, 0) is 19.4 Å². The molecule has 3 rings (SSSR count). The van der Waals surface area contributed by atoms with Crippen LogP contribution in [0.15, 0.2) is 30.9 Å². The molecule has 0 aliphatic carbocycles. The molecule has 2 aromatic rings. The number of nitrogens with zero attached hydrogens (tertiary/aromatic N) is 3. The average molecular weight is 288 g/mol. The number of aromatic nitrogens is 3. The Morgan fingerprint density at radius 1 is 1.48 bits per heavy atom. The van der Waals surface area contributed by atoms with E-state index in [2.05, 4.69) is 9.97 Å². The van der Waals surface area contributed by atoms with Gasteiger partial charge in [0.1, 0.15) is 0 Å². The van der Waals surface area contributed by atoms with Gasteiger partial charge in [-0.25, -0.2) is 9.97 Å². The van der Waals surface area contributed by atoms with Crippen LogP contribution in [-0.4, -0.2) is 34.4 Å². The highest BCUT2D eigenvalue weighted by atomic mass is 16.5. The van der Waals surface area contributed by atoms with E-state index in [0.29, 0.717) is 25.0 Å². The van der Waals surface area contributed by atoms with Gasteiger partial charge in [-0.3, -0.25) is 0 Å². The van der Waals surface area contributed by atoms with Gasteiger partial charge >= 0.3 is 0 Å². The quantitative estimate of drug-likeness (QED) is 0.906. The molecule has 2 N–H and O–H groups in total. The zero-order chi connectivity index (χ0) is 14.7. The first-order valence-electron chi connectivity index (χ1n) is 7.24. The van der Waals surface area contributed by atoms with Crippen LogP contribution in [0.1, 0.15) is 25.1 Å². The lowest BCUT2D eigenvalue weighted by molar-refractivity contribution is 0.180. The van der Waals surface area contributed by atoms with Crippen molar-refractivity contribution in [3.05, 3.63) is 36.5 Å². The molecule has 6 nitrogen and oxygen atoms in total. The standard InChI is InChI=1S/C15H20N4O2/c1-2-21-14-4-3-12(7-18-14)19-10-17-8-13(19)15(16)11-5-6-20-9-11/h3-4,7-8,10-11,15H,2,5-6,9,16H2,1H3. The molecule has 1 fully saturated rings. The van der Waals surface area contributed by atoms with Crippen molar-refractivity contribution in [2.45, 2.75) is 19.4 Å². The van der Waals surface area contributed by atoms with Crippen LogP contribution in [0.5, 0.6) is 5.88 Å². The summed E-state index contributed by atoms with van der Waals surface area (Å²) in [6.45, 7) is 4.05. The first-order chi connectivity index (χ1) is 10.3. The summed E-state index contributed by atoms with van der Waals surface area (Å²) < 4.78 is 12.8. The molecule has 1 saturated heterocycles. The van der Waals surface area contributed by atoms with E-state index >= 15 is 0 Å². The van der Waals surface area contributed by atoms with Crippen molar-refractivity contribution >= 4 is 0 Å². The molecule has 2 aromatic heterocycles. The van der Waals surface area contributed by atoms with E-state index in [4.69, 9.17) is 15.2 Å². The summed E-state index contributed by atoms with van der Waals surface area (Å²) in [6, 6.07) is 3.73. The lowest BCUT2D eigenvalue weighted by Gasteiger charge is -2.19. The van der Waals surface area contributed by atoms with Crippen LogP contribution >= 0.6 is 0 Å². The summed E-state index contributed by atoms with van der Waals surface area (Å²) in [5.74, 6) is 0.965. The van der Waals surface area contributed by atoms with Gasteiger partial charge in [-0.2, -0.15) is 0 Å². The predicted octanol–water partition coefficient (Wildman–Crippen LogP) is 1.70. The maximum absolute atomic E-state index is 6.37. The molecule has 1 aliphatic heterocycles. The molecule has 0 amide bonds. The van der Waals surface area contributed by atoms with Crippen LogP contribution in [0.3, 0.4) is 0 Å².